The van der Waals surface area contributed by atoms with Gasteiger partial charge in [-0.25, -0.2) is 45.9 Å². The number of alkyl halides is 4. The molecule has 6 rings (SSSR count). The summed E-state index contributed by atoms with van der Waals surface area (Å²) in [4.78, 5) is 71.2. The molecule has 2 aromatic heterocycles. The molecule has 0 bridgehead atoms. The molecule has 2 heterocycles. The molecule has 0 aliphatic carbocycles. The van der Waals surface area contributed by atoms with E-state index in [2.05, 4.69) is 36.0 Å². The number of H-pyrrole nitrogens is 2. The molecule has 0 aliphatic rings. The van der Waals surface area contributed by atoms with Gasteiger partial charge in [0.15, 0.2) is 30.4 Å². The molecule has 412 valence electrons. The third kappa shape index (κ3) is 20.5. The summed E-state index contributed by atoms with van der Waals surface area (Å²) in [5, 5.41) is 52.1. The lowest BCUT2D eigenvalue weighted by molar-refractivity contribution is -0.164. The monoisotopic (exact) mass is 1120 g/mol. The number of esters is 1. The van der Waals surface area contributed by atoms with Crippen LogP contribution < -0.4 is 10.9 Å². The number of carboxylic acid groups (broad SMARTS) is 1. The second-order valence-electron chi connectivity index (χ2n) is 17.0. The van der Waals surface area contributed by atoms with Crippen molar-refractivity contribution in [3.8, 4) is 22.3 Å². The van der Waals surface area contributed by atoms with Gasteiger partial charge in [0, 0.05) is 62.0 Å². The molecule has 0 radical (unpaired) electrons. The van der Waals surface area contributed by atoms with E-state index in [1.807, 2.05) is 0 Å². The number of aliphatic hydroxyl groups is 3. The number of amides is 2. The molecule has 2 amide bonds. The molecule has 0 fully saturated rings. The zero-order valence-electron chi connectivity index (χ0n) is 41.1. The first-order valence-electron chi connectivity index (χ1n) is 22.5. The smallest absolute Gasteiger partial charge is 0.336 e. The van der Waals surface area contributed by atoms with Crippen LogP contribution in [0, 0.1) is 11.6 Å². The van der Waals surface area contributed by atoms with Crippen LogP contribution in [0.1, 0.15) is 80.8 Å². The predicted molar refractivity (Wildman–Crippen MR) is 266 cm³/mol. The van der Waals surface area contributed by atoms with Gasteiger partial charge in [-0.15, -0.1) is 0 Å². The zero-order valence-corrected chi connectivity index (χ0v) is 42.6. The largest absolute Gasteiger partial charge is 0.479 e. The molecule has 4 aromatic carbocycles. The maximum Gasteiger partial charge on any atom is 0.336 e. The van der Waals surface area contributed by atoms with Crippen LogP contribution in [0.25, 0.3) is 22.3 Å². The minimum Gasteiger partial charge on any atom is -0.479 e. The second-order valence-corrected chi connectivity index (χ2v) is 17.9. The summed E-state index contributed by atoms with van der Waals surface area (Å²) >= 11 is 11.9. The molecule has 0 saturated carbocycles. The van der Waals surface area contributed by atoms with Gasteiger partial charge in [0.05, 0.1) is 13.1 Å². The van der Waals surface area contributed by atoms with Crippen molar-refractivity contribution in [3.05, 3.63) is 153 Å². The minimum absolute atomic E-state index is 0.0122. The Balaban J connectivity index is 0.000000303. The summed E-state index contributed by atoms with van der Waals surface area (Å²) in [7, 11) is 0. The first-order chi connectivity index (χ1) is 36.0. The van der Waals surface area contributed by atoms with Crippen LogP contribution in [0.2, 0.25) is 10.0 Å². The van der Waals surface area contributed by atoms with Crippen molar-refractivity contribution in [1.82, 2.24) is 41.3 Å². The third-order valence-electron chi connectivity index (χ3n) is 10.1. The van der Waals surface area contributed by atoms with Crippen LogP contribution in [-0.2, 0) is 27.4 Å². The van der Waals surface area contributed by atoms with Crippen LogP contribution in [0.4, 0.5) is 26.3 Å². The van der Waals surface area contributed by atoms with Crippen LogP contribution in [0.5, 0.6) is 0 Å². The number of Topliss-reactive ketones (excluding diaryl/α,β-unsaturated/α-hetero) is 2. The van der Waals surface area contributed by atoms with Crippen LogP contribution >= 0.6 is 23.2 Å². The third-order valence-corrected chi connectivity index (χ3v) is 10.6. The van der Waals surface area contributed by atoms with Crippen LogP contribution in [-0.4, -0.2) is 137 Å². The standard InChI is InChI=1S/C25H24ClF3N4O5.C22H20ClFN4O5.C3H6F2O/c1-14(34)20-10-21(31-30-20)23(36)32-33(12-22(35)24(37)38-13-25(2,28)29)11-15-3-5-16(6-4-15)18-9-17(26)7-8-19(18)27;1-12(29)18-9-19(26-25-18)21(31)27-28(11-20(30)22(32)33)10-13-2-4-14(5-3-13)16-8-15(23)6-7-17(16)24;1-3(4,5)2-6/h3-10,22,35H,11-13H2,1-2H3,(H,30,31)(H,32,36);2-9,20,30H,10-11H2,1H3,(H,25,26)(H,27,31)(H,32,33);6H,2H2,1H3/t22-;20-;/m11./s1. The Morgan fingerprint density at radius 2 is 1.01 bits per heavy atom. The first kappa shape index (κ1) is 62.0. The number of aliphatic carboxylic acids is 1. The van der Waals surface area contributed by atoms with Crippen molar-refractivity contribution >= 4 is 58.5 Å². The number of carboxylic acids is 1. The number of aromatic amines is 2. The topological polar surface area (TPSA) is 280 Å². The van der Waals surface area contributed by atoms with Crippen molar-refractivity contribution in [3.63, 3.8) is 0 Å². The highest BCUT2D eigenvalue weighted by molar-refractivity contribution is 6.31. The fourth-order valence-electron chi connectivity index (χ4n) is 6.27. The molecule has 27 heteroatoms. The van der Waals surface area contributed by atoms with E-state index in [1.165, 1.54) is 67.4 Å². The van der Waals surface area contributed by atoms with E-state index in [-0.39, 0.29) is 53.0 Å². The molecule has 19 nitrogen and oxygen atoms in total. The summed E-state index contributed by atoms with van der Waals surface area (Å²) in [6, 6.07) is 24.0. The van der Waals surface area contributed by atoms with Gasteiger partial charge in [-0.2, -0.15) is 10.2 Å². The fourth-order valence-corrected chi connectivity index (χ4v) is 6.61. The molecule has 0 aliphatic heterocycles. The van der Waals surface area contributed by atoms with Crippen molar-refractivity contribution in [2.75, 3.05) is 26.3 Å². The SMILES string of the molecule is CC(=O)c1cc(C(=O)NN(Cc2ccc(-c3cc(Cl)ccc3F)cc2)C[C@@H](O)C(=O)O)[nH]n1.CC(=O)c1cc(C(=O)NN(Cc2ccc(-c3cc(Cl)ccc3F)cc2)C[C@@H](O)C(=O)OCC(C)(F)F)[nH]n1.CC(F)(F)CO. The summed E-state index contributed by atoms with van der Waals surface area (Å²) < 4.78 is 81.2. The van der Waals surface area contributed by atoms with Crippen LogP contribution in [0.3, 0.4) is 0 Å². The van der Waals surface area contributed by atoms with Crippen molar-refractivity contribution < 1.29 is 80.3 Å². The Labute approximate surface area is 444 Å². The molecule has 0 spiro atoms. The Hall–Kier alpha value is -7.52. The number of ketones is 2. The molecular weight excluding hydrogens is 1070 g/mol. The van der Waals surface area contributed by atoms with Crippen molar-refractivity contribution in [1.29, 1.82) is 0 Å². The molecule has 6 aromatic rings. The fraction of sp³-hybridized carbons (Fsp3) is 0.280. The first-order valence-corrected chi connectivity index (χ1v) is 23.2. The highest BCUT2D eigenvalue weighted by atomic mass is 35.5. The van der Waals surface area contributed by atoms with Gasteiger partial charge >= 0.3 is 11.9 Å². The minimum atomic E-state index is -3.29. The molecular formula is C50H50Cl2F6N8O11. The number of ether oxygens (including phenoxy) is 1. The summed E-state index contributed by atoms with van der Waals surface area (Å²) in [6.45, 7) is 0.513. The number of carbonyl (C=O) groups excluding carboxylic acids is 5. The van der Waals surface area contributed by atoms with Crippen molar-refractivity contribution in [2.24, 2.45) is 0 Å². The Bertz CT molecular complexity index is 3010. The molecule has 0 unspecified atom stereocenters. The van der Waals surface area contributed by atoms with Gasteiger partial charge in [-0.3, -0.25) is 40.2 Å². The predicted octanol–water partition coefficient (Wildman–Crippen LogP) is 7.08. The number of carbonyl (C=O) groups is 6. The number of hydrogen-bond donors (Lipinski definition) is 8. The molecule has 2 atom stereocenters. The summed E-state index contributed by atoms with van der Waals surface area (Å²) in [5.41, 5.74) is 7.90. The van der Waals surface area contributed by atoms with Gasteiger partial charge in [0.2, 0.25) is 0 Å². The second kappa shape index (κ2) is 28.0. The summed E-state index contributed by atoms with van der Waals surface area (Å²) in [5.74, 6) is -12.0. The quantitative estimate of drug-likeness (QED) is 0.0155. The Morgan fingerprint density at radius 1 is 0.636 bits per heavy atom. The lowest BCUT2D eigenvalue weighted by Gasteiger charge is -2.25. The number of benzene rings is 4. The van der Waals surface area contributed by atoms with Gasteiger partial charge < -0.3 is 25.2 Å². The van der Waals surface area contributed by atoms with E-state index in [4.69, 9.17) is 33.4 Å². The van der Waals surface area contributed by atoms with Gasteiger partial charge in [0.1, 0.15) is 41.0 Å². The molecule has 0 saturated heterocycles. The number of aliphatic hydroxyl groups excluding tert-OH is 3. The molecule has 8 N–H and O–H groups in total. The number of hydrogen-bond acceptors (Lipinski definition) is 14. The summed E-state index contributed by atoms with van der Waals surface area (Å²) in [6.07, 6.45) is -3.65. The number of hydrazine groups is 2. The maximum atomic E-state index is 14.2. The van der Waals surface area contributed by atoms with E-state index in [9.17, 15) is 65.3 Å². The number of halogens is 8. The van der Waals surface area contributed by atoms with Gasteiger partial charge in [0.25, 0.3) is 23.7 Å². The van der Waals surface area contributed by atoms with E-state index in [0.717, 1.165) is 5.01 Å². The average Bonchev–Trinajstić information content (AvgIpc) is 4.08. The van der Waals surface area contributed by atoms with E-state index >= 15 is 0 Å². The zero-order chi connectivity index (χ0) is 57.4. The number of aromatic nitrogens is 4. The Kier molecular flexibility index (Phi) is 22.6. The number of nitrogens with zero attached hydrogens (tertiary/aromatic N) is 4. The average molecular weight is 1120 g/mol. The maximum absolute atomic E-state index is 14.2. The molecule has 77 heavy (non-hydrogen) atoms. The highest BCUT2D eigenvalue weighted by Gasteiger charge is 2.29. The number of rotatable bonds is 21. The van der Waals surface area contributed by atoms with E-state index in [1.54, 1.807) is 48.5 Å². The van der Waals surface area contributed by atoms with Gasteiger partial charge in [-0.1, -0.05) is 71.7 Å². The lowest BCUT2D eigenvalue weighted by Crippen LogP contribution is -2.48. The van der Waals surface area contributed by atoms with E-state index < -0.39 is 85.7 Å². The van der Waals surface area contributed by atoms with Gasteiger partial charge in [-0.05, 0) is 70.8 Å². The lowest BCUT2D eigenvalue weighted by atomic mass is 10.0. The van der Waals surface area contributed by atoms with E-state index in [0.29, 0.717) is 51.7 Å². The normalized spacial score (nSPS) is 12.1. The number of nitrogens with one attached hydrogen (secondary N) is 4. The van der Waals surface area contributed by atoms with Crippen molar-refractivity contribution in [2.45, 2.75) is 64.8 Å². The highest BCUT2D eigenvalue weighted by Crippen LogP contribution is 2.28. The Morgan fingerprint density at radius 3 is 1.34 bits per heavy atom. The van der Waals surface area contributed by atoms with Crippen LogP contribution in [0.15, 0.2) is 97.1 Å².